The third kappa shape index (κ3) is 3.20. The molecule has 17 heavy (non-hydrogen) atoms. The summed E-state index contributed by atoms with van der Waals surface area (Å²) >= 11 is 0. The molecule has 2 rings (SSSR count). The Hall–Kier alpha value is -1.06. The first-order valence-corrected chi connectivity index (χ1v) is 6.60. The molecule has 0 saturated carbocycles. The summed E-state index contributed by atoms with van der Waals surface area (Å²) in [5.41, 5.74) is 8.84. The Labute approximate surface area is 104 Å². The number of anilines is 1. The smallest absolute Gasteiger partial charge is 0.0400 e. The zero-order valence-electron chi connectivity index (χ0n) is 10.7. The first-order valence-electron chi connectivity index (χ1n) is 6.60. The molecule has 0 aliphatic carbocycles. The molecule has 1 aliphatic heterocycles. The first kappa shape index (κ1) is 12.4. The van der Waals surface area contributed by atoms with Crippen LogP contribution in [0.4, 0.5) is 5.69 Å². The molecule has 94 valence electrons. The van der Waals surface area contributed by atoms with Crippen molar-refractivity contribution in [1.82, 2.24) is 5.32 Å². The minimum atomic E-state index is 0.277. The van der Waals surface area contributed by atoms with Gasteiger partial charge in [0.2, 0.25) is 0 Å². The molecule has 3 heteroatoms. The Morgan fingerprint density at radius 1 is 1.29 bits per heavy atom. The summed E-state index contributed by atoms with van der Waals surface area (Å²) in [6, 6.07) is 8.96. The van der Waals surface area contributed by atoms with E-state index >= 15 is 0 Å². The van der Waals surface area contributed by atoms with Gasteiger partial charge in [-0.15, -0.1) is 0 Å². The van der Waals surface area contributed by atoms with Crippen LogP contribution in [-0.4, -0.2) is 32.2 Å². The van der Waals surface area contributed by atoms with E-state index in [9.17, 15) is 0 Å². The Morgan fingerprint density at radius 3 is 2.71 bits per heavy atom. The van der Waals surface area contributed by atoms with Crippen LogP contribution in [0.1, 0.15) is 18.9 Å². The lowest BCUT2D eigenvalue weighted by Crippen LogP contribution is -2.44. The highest BCUT2D eigenvalue weighted by molar-refractivity contribution is 5.54. The van der Waals surface area contributed by atoms with Crippen molar-refractivity contribution in [2.24, 2.45) is 5.73 Å². The maximum atomic E-state index is 6.07. The zero-order chi connectivity index (χ0) is 12.1. The number of hydrogen-bond acceptors (Lipinski definition) is 3. The number of nitrogens with zero attached hydrogens (tertiary/aromatic N) is 1. The monoisotopic (exact) mass is 233 g/mol. The molecular weight excluding hydrogens is 210 g/mol. The number of piperazine rings is 1. The summed E-state index contributed by atoms with van der Waals surface area (Å²) < 4.78 is 0. The molecule has 3 N–H and O–H groups in total. The second-order valence-electron chi connectivity index (χ2n) is 4.74. The van der Waals surface area contributed by atoms with E-state index in [4.69, 9.17) is 5.73 Å². The quantitative estimate of drug-likeness (QED) is 0.825. The molecular formula is C14H23N3. The SMILES string of the molecule is CCC(N)Cc1ccccc1N1CCNCC1. The predicted molar refractivity (Wildman–Crippen MR) is 73.5 cm³/mol. The van der Waals surface area contributed by atoms with E-state index in [2.05, 4.69) is 41.4 Å². The molecule has 0 amide bonds. The highest BCUT2D eigenvalue weighted by atomic mass is 15.2. The Morgan fingerprint density at radius 2 is 2.00 bits per heavy atom. The van der Waals surface area contributed by atoms with Gasteiger partial charge in [0.25, 0.3) is 0 Å². The van der Waals surface area contributed by atoms with Gasteiger partial charge in [-0.05, 0) is 24.5 Å². The lowest BCUT2D eigenvalue weighted by molar-refractivity contribution is 0.584. The van der Waals surface area contributed by atoms with Crippen LogP contribution in [0.25, 0.3) is 0 Å². The summed E-state index contributed by atoms with van der Waals surface area (Å²) in [7, 11) is 0. The van der Waals surface area contributed by atoms with Crippen molar-refractivity contribution < 1.29 is 0 Å². The molecule has 3 nitrogen and oxygen atoms in total. The average molecular weight is 233 g/mol. The molecule has 1 saturated heterocycles. The fourth-order valence-electron chi connectivity index (χ4n) is 2.32. The van der Waals surface area contributed by atoms with Gasteiger partial charge in [-0.2, -0.15) is 0 Å². The van der Waals surface area contributed by atoms with Gasteiger partial charge in [-0.3, -0.25) is 0 Å². The molecule has 1 fully saturated rings. The molecule has 1 aromatic rings. The molecule has 1 unspecified atom stereocenters. The third-order valence-corrected chi connectivity index (χ3v) is 3.46. The van der Waals surface area contributed by atoms with E-state index in [-0.39, 0.29) is 6.04 Å². The van der Waals surface area contributed by atoms with Crippen LogP contribution in [0.5, 0.6) is 0 Å². The van der Waals surface area contributed by atoms with Crippen molar-refractivity contribution in [3.8, 4) is 0 Å². The minimum Gasteiger partial charge on any atom is -0.369 e. The van der Waals surface area contributed by atoms with Crippen molar-refractivity contribution >= 4 is 5.69 Å². The second-order valence-corrected chi connectivity index (χ2v) is 4.74. The van der Waals surface area contributed by atoms with Crippen molar-refractivity contribution in [3.63, 3.8) is 0 Å². The molecule has 1 atom stereocenters. The average Bonchev–Trinajstić information content (AvgIpc) is 2.40. The van der Waals surface area contributed by atoms with Crippen molar-refractivity contribution in [2.75, 3.05) is 31.1 Å². The third-order valence-electron chi connectivity index (χ3n) is 3.46. The Bertz CT molecular complexity index is 345. The largest absolute Gasteiger partial charge is 0.369 e. The topological polar surface area (TPSA) is 41.3 Å². The fourth-order valence-corrected chi connectivity index (χ4v) is 2.32. The normalized spacial score (nSPS) is 18.1. The number of hydrogen-bond donors (Lipinski definition) is 2. The van der Waals surface area contributed by atoms with Crippen LogP contribution in [0.3, 0.4) is 0 Å². The predicted octanol–water partition coefficient (Wildman–Crippen LogP) is 1.38. The molecule has 1 heterocycles. The summed E-state index contributed by atoms with van der Waals surface area (Å²) in [4.78, 5) is 2.47. The van der Waals surface area contributed by atoms with Crippen molar-refractivity contribution in [1.29, 1.82) is 0 Å². The van der Waals surface area contributed by atoms with E-state index in [1.54, 1.807) is 0 Å². The van der Waals surface area contributed by atoms with Crippen LogP contribution in [0.15, 0.2) is 24.3 Å². The van der Waals surface area contributed by atoms with Gasteiger partial charge in [-0.25, -0.2) is 0 Å². The molecule has 0 spiro atoms. The van der Waals surface area contributed by atoms with E-state index in [0.29, 0.717) is 0 Å². The van der Waals surface area contributed by atoms with Crippen LogP contribution < -0.4 is 16.0 Å². The molecule has 1 aliphatic rings. The highest BCUT2D eigenvalue weighted by Gasteiger charge is 2.14. The van der Waals surface area contributed by atoms with Gasteiger partial charge < -0.3 is 16.0 Å². The number of rotatable bonds is 4. The van der Waals surface area contributed by atoms with Crippen LogP contribution in [-0.2, 0) is 6.42 Å². The number of nitrogens with two attached hydrogens (primary N) is 1. The minimum absolute atomic E-state index is 0.277. The van der Waals surface area contributed by atoms with Gasteiger partial charge in [-0.1, -0.05) is 25.1 Å². The lowest BCUT2D eigenvalue weighted by Gasteiger charge is -2.31. The van der Waals surface area contributed by atoms with Gasteiger partial charge in [0.15, 0.2) is 0 Å². The van der Waals surface area contributed by atoms with E-state index in [1.165, 1.54) is 11.3 Å². The van der Waals surface area contributed by atoms with Crippen molar-refractivity contribution in [2.45, 2.75) is 25.8 Å². The van der Waals surface area contributed by atoms with Crippen molar-refractivity contribution in [3.05, 3.63) is 29.8 Å². The van der Waals surface area contributed by atoms with Crippen LogP contribution in [0.2, 0.25) is 0 Å². The fraction of sp³-hybridized carbons (Fsp3) is 0.571. The Kier molecular flexibility index (Phi) is 4.40. The summed E-state index contributed by atoms with van der Waals surface area (Å²) in [6.07, 6.45) is 2.02. The number of nitrogens with one attached hydrogen (secondary N) is 1. The van der Waals surface area contributed by atoms with E-state index in [1.807, 2.05) is 0 Å². The summed E-state index contributed by atoms with van der Waals surface area (Å²) in [6.45, 7) is 6.50. The molecule has 0 aromatic heterocycles. The summed E-state index contributed by atoms with van der Waals surface area (Å²) in [5, 5.41) is 3.39. The molecule has 1 aromatic carbocycles. The molecule has 0 radical (unpaired) electrons. The molecule has 0 bridgehead atoms. The van der Waals surface area contributed by atoms with E-state index < -0.39 is 0 Å². The van der Waals surface area contributed by atoms with Crippen LogP contribution in [0, 0.1) is 0 Å². The van der Waals surface area contributed by atoms with Crippen LogP contribution >= 0.6 is 0 Å². The second kappa shape index (κ2) is 6.03. The Balaban J connectivity index is 2.14. The highest BCUT2D eigenvalue weighted by Crippen LogP contribution is 2.22. The van der Waals surface area contributed by atoms with Gasteiger partial charge in [0, 0.05) is 37.9 Å². The van der Waals surface area contributed by atoms with E-state index in [0.717, 1.165) is 39.0 Å². The standard InChI is InChI=1S/C14H23N3/c1-2-13(15)11-12-5-3-4-6-14(12)17-9-7-16-8-10-17/h3-6,13,16H,2,7-11,15H2,1H3. The zero-order valence-corrected chi connectivity index (χ0v) is 10.7. The number of benzene rings is 1. The first-order chi connectivity index (χ1) is 8.31. The number of para-hydroxylation sites is 1. The van der Waals surface area contributed by atoms with Gasteiger partial charge >= 0.3 is 0 Å². The van der Waals surface area contributed by atoms with Gasteiger partial charge in [0.1, 0.15) is 0 Å². The summed E-state index contributed by atoms with van der Waals surface area (Å²) in [5.74, 6) is 0. The maximum Gasteiger partial charge on any atom is 0.0400 e. The lowest BCUT2D eigenvalue weighted by atomic mass is 10.0. The maximum absolute atomic E-state index is 6.07. The van der Waals surface area contributed by atoms with Gasteiger partial charge in [0.05, 0.1) is 0 Å².